The third kappa shape index (κ3) is 2.14. The Labute approximate surface area is 147 Å². The summed E-state index contributed by atoms with van der Waals surface area (Å²) in [7, 11) is 0. The highest BCUT2D eigenvalue weighted by Gasteiger charge is 2.60. The van der Waals surface area contributed by atoms with E-state index in [1.165, 1.54) is 25.7 Å². The van der Waals surface area contributed by atoms with Crippen molar-refractivity contribution in [2.75, 3.05) is 0 Å². The molecule has 0 aromatic heterocycles. The maximum absolute atomic E-state index is 12.2. The second-order valence-corrected chi connectivity index (χ2v) is 9.94. The summed E-state index contributed by atoms with van der Waals surface area (Å²) in [6.07, 6.45) is 10.2. The van der Waals surface area contributed by atoms with Gasteiger partial charge >= 0.3 is 0 Å². The molecule has 1 N–H and O–H groups in total. The van der Waals surface area contributed by atoms with Crippen LogP contribution in [0.2, 0.25) is 0 Å². The first-order chi connectivity index (χ1) is 11.3. The summed E-state index contributed by atoms with van der Waals surface area (Å²) >= 11 is 0. The molecule has 0 amide bonds. The van der Waals surface area contributed by atoms with E-state index >= 15 is 0 Å². The van der Waals surface area contributed by atoms with Gasteiger partial charge in [-0.3, -0.25) is 4.79 Å². The summed E-state index contributed by atoms with van der Waals surface area (Å²) in [5.74, 6) is 3.59. The van der Waals surface area contributed by atoms with E-state index in [9.17, 15) is 9.90 Å². The van der Waals surface area contributed by atoms with Crippen molar-refractivity contribution in [3.8, 4) is 0 Å². The molecule has 2 heteroatoms. The monoisotopic (exact) mass is 330 g/mol. The third-order valence-corrected chi connectivity index (χ3v) is 8.89. The molecule has 0 radical (unpaired) electrons. The Bertz CT molecular complexity index is 579. The quantitative estimate of drug-likeness (QED) is 0.704. The minimum absolute atomic E-state index is 0.227. The summed E-state index contributed by atoms with van der Waals surface area (Å²) in [6, 6.07) is 0. The zero-order valence-electron chi connectivity index (χ0n) is 15.8. The molecule has 8 atom stereocenters. The zero-order valence-corrected chi connectivity index (χ0v) is 15.8. The number of hydrogen-bond donors (Lipinski definition) is 1. The molecular formula is C22H34O2. The van der Waals surface area contributed by atoms with Gasteiger partial charge in [0.15, 0.2) is 0 Å². The second kappa shape index (κ2) is 5.43. The van der Waals surface area contributed by atoms with Crippen LogP contribution in [-0.2, 0) is 4.79 Å². The van der Waals surface area contributed by atoms with Crippen LogP contribution in [0.3, 0.4) is 0 Å². The van der Waals surface area contributed by atoms with E-state index in [0.29, 0.717) is 17.6 Å². The summed E-state index contributed by atoms with van der Waals surface area (Å²) in [5.41, 5.74) is 2.09. The van der Waals surface area contributed by atoms with Gasteiger partial charge in [0.1, 0.15) is 5.78 Å². The van der Waals surface area contributed by atoms with Crippen molar-refractivity contribution >= 4 is 5.78 Å². The van der Waals surface area contributed by atoms with Gasteiger partial charge in [-0.15, -0.1) is 0 Å². The first-order valence-corrected chi connectivity index (χ1v) is 10.2. The number of carbonyl (C=O) groups excluding carboxylic acids is 1. The maximum atomic E-state index is 12.2. The zero-order chi connectivity index (χ0) is 17.3. The van der Waals surface area contributed by atoms with Gasteiger partial charge < -0.3 is 5.11 Å². The Kier molecular flexibility index (Phi) is 3.81. The molecule has 3 saturated carbocycles. The standard InChI is InChI=1S/C22H34O2/c1-13-11-16-18-6-5-17(14(2)23)21(18,3)10-8-19(16)22(4)9-7-15(24)12-20(13)22/h12-13,15-19,24H,5-11H2,1-4H3/t13?,15?,16-,17+,18?,19?,21+,22+/m0/s1. The normalized spacial score (nSPS) is 53.6. The predicted molar refractivity (Wildman–Crippen MR) is 96.4 cm³/mol. The van der Waals surface area contributed by atoms with Crippen LogP contribution in [0.25, 0.3) is 0 Å². The molecule has 4 aliphatic carbocycles. The van der Waals surface area contributed by atoms with Crippen molar-refractivity contribution in [1.82, 2.24) is 0 Å². The molecule has 0 bridgehead atoms. The van der Waals surface area contributed by atoms with Crippen molar-refractivity contribution in [1.29, 1.82) is 0 Å². The average molecular weight is 331 g/mol. The lowest BCUT2D eigenvalue weighted by atomic mass is 9.45. The van der Waals surface area contributed by atoms with E-state index in [4.69, 9.17) is 0 Å². The minimum atomic E-state index is -0.227. The SMILES string of the molecule is CC(=O)[C@H]1CCC2[C@@H]3CC(C)C4=CC(O)CC[C@]4(C)C3CC[C@@]21C. The van der Waals surface area contributed by atoms with Crippen molar-refractivity contribution in [2.45, 2.75) is 78.7 Å². The Morgan fingerprint density at radius 3 is 2.58 bits per heavy atom. The van der Waals surface area contributed by atoms with E-state index < -0.39 is 0 Å². The van der Waals surface area contributed by atoms with Crippen molar-refractivity contribution in [2.24, 2.45) is 40.4 Å². The molecule has 3 fully saturated rings. The molecular weight excluding hydrogens is 296 g/mol. The summed E-state index contributed by atoms with van der Waals surface area (Å²) in [4.78, 5) is 12.2. The Balaban J connectivity index is 1.70. The second-order valence-electron chi connectivity index (χ2n) is 9.94. The predicted octanol–water partition coefficient (Wildman–Crippen LogP) is 4.76. The summed E-state index contributed by atoms with van der Waals surface area (Å²) in [6.45, 7) is 9.11. The molecule has 0 heterocycles. The smallest absolute Gasteiger partial charge is 0.133 e. The first kappa shape index (κ1) is 16.8. The van der Waals surface area contributed by atoms with Gasteiger partial charge in [0.25, 0.3) is 0 Å². The van der Waals surface area contributed by atoms with E-state index in [1.807, 2.05) is 6.92 Å². The van der Waals surface area contributed by atoms with Gasteiger partial charge in [-0.2, -0.15) is 0 Å². The van der Waals surface area contributed by atoms with E-state index in [0.717, 1.165) is 37.0 Å². The Morgan fingerprint density at radius 1 is 1.12 bits per heavy atom. The van der Waals surface area contributed by atoms with Gasteiger partial charge in [-0.1, -0.05) is 32.4 Å². The Morgan fingerprint density at radius 2 is 1.88 bits per heavy atom. The van der Waals surface area contributed by atoms with Crippen LogP contribution in [0.15, 0.2) is 11.6 Å². The highest BCUT2D eigenvalue weighted by atomic mass is 16.3. The molecule has 4 aliphatic rings. The lowest BCUT2D eigenvalue weighted by molar-refractivity contribution is -0.128. The number of allylic oxidation sites excluding steroid dienone is 1. The van der Waals surface area contributed by atoms with Gasteiger partial charge in [0.2, 0.25) is 0 Å². The fourth-order valence-corrected chi connectivity index (χ4v) is 7.81. The molecule has 0 aromatic rings. The van der Waals surface area contributed by atoms with Crippen LogP contribution < -0.4 is 0 Å². The maximum Gasteiger partial charge on any atom is 0.133 e. The number of aliphatic hydroxyl groups excluding tert-OH is 1. The lowest BCUT2D eigenvalue weighted by Gasteiger charge is -2.60. The molecule has 0 aliphatic heterocycles. The van der Waals surface area contributed by atoms with Crippen molar-refractivity contribution < 1.29 is 9.90 Å². The number of carbonyl (C=O) groups is 1. The van der Waals surface area contributed by atoms with E-state index in [-0.39, 0.29) is 16.9 Å². The molecule has 24 heavy (non-hydrogen) atoms. The number of rotatable bonds is 1. The highest BCUT2D eigenvalue weighted by molar-refractivity contribution is 5.79. The number of aliphatic hydroxyl groups is 1. The molecule has 134 valence electrons. The number of hydrogen-bond acceptors (Lipinski definition) is 2. The van der Waals surface area contributed by atoms with Crippen LogP contribution in [-0.4, -0.2) is 17.0 Å². The summed E-state index contributed by atoms with van der Waals surface area (Å²) in [5, 5.41) is 10.1. The average Bonchev–Trinajstić information content (AvgIpc) is 2.87. The van der Waals surface area contributed by atoms with Crippen LogP contribution in [0.4, 0.5) is 0 Å². The van der Waals surface area contributed by atoms with Crippen molar-refractivity contribution in [3.63, 3.8) is 0 Å². The number of ketones is 1. The van der Waals surface area contributed by atoms with Crippen LogP contribution in [0.1, 0.15) is 72.6 Å². The molecule has 0 spiro atoms. The fourth-order valence-electron chi connectivity index (χ4n) is 7.81. The molecule has 4 unspecified atom stereocenters. The third-order valence-electron chi connectivity index (χ3n) is 8.89. The van der Waals surface area contributed by atoms with Gasteiger partial charge in [-0.05, 0) is 86.4 Å². The van der Waals surface area contributed by atoms with Crippen LogP contribution in [0, 0.1) is 40.4 Å². The van der Waals surface area contributed by atoms with Crippen LogP contribution >= 0.6 is 0 Å². The highest BCUT2D eigenvalue weighted by Crippen LogP contribution is 2.67. The molecule has 0 aromatic carbocycles. The Hall–Kier alpha value is -0.630. The first-order valence-electron chi connectivity index (χ1n) is 10.2. The summed E-state index contributed by atoms with van der Waals surface area (Å²) < 4.78 is 0. The van der Waals surface area contributed by atoms with Crippen LogP contribution in [0.5, 0.6) is 0 Å². The van der Waals surface area contributed by atoms with E-state index in [2.05, 4.69) is 26.8 Å². The van der Waals surface area contributed by atoms with E-state index in [1.54, 1.807) is 5.57 Å². The minimum Gasteiger partial charge on any atom is -0.389 e. The van der Waals surface area contributed by atoms with Gasteiger partial charge in [0.05, 0.1) is 6.10 Å². The largest absolute Gasteiger partial charge is 0.389 e. The number of fused-ring (bicyclic) bond motifs is 5. The molecule has 0 saturated heterocycles. The van der Waals surface area contributed by atoms with Gasteiger partial charge in [-0.25, -0.2) is 0 Å². The topological polar surface area (TPSA) is 37.3 Å². The molecule has 2 nitrogen and oxygen atoms in total. The molecule has 4 rings (SSSR count). The lowest BCUT2D eigenvalue weighted by Crippen LogP contribution is -2.52. The van der Waals surface area contributed by atoms with Crippen molar-refractivity contribution in [3.05, 3.63) is 11.6 Å². The van der Waals surface area contributed by atoms with Gasteiger partial charge in [0, 0.05) is 5.92 Å². The fraction of sp³-hybridized carbons (Fsp3) is 0.864. The number of Topliss-reactive ketones (excluding diaryl/α,β-unsaturated/α-hetero) is 1.